The molecule has 0 bridgehead atoms. The summed E-state index contributed by atoms with van der Waals surface area (Å²) in [6, 6.07) is 0. The fourth-order valence-electron chi connectivity index (χ4n) is 1.31. The zero-order valence-electron chi connectivity index (χ0n) is 8.14. The Morgan fingerprint density at radius 3 is 3.00 bits per heavy atom. The van der Waals surface area contributed by atoms with Gasteiger partial charge in [-0.15, -0.1) is 0 Å². The molecule has 1 aliphatic rings. The zero-order chi connectivity index (χ0) is 9.68. The van der Waals surface area contributed by atoms with Crippen molar-refractivity contribution < 1.29 is 9.53 Å². The van der Waals surface area contributed by atoms with Gasteiger partial charge in [0.25, 0.3) is 0 Å². The molecule has 0 saturated carbocycles. The largest absolute Gasteiger partial charge is 0.490 e. The number of hydrogen-bond donors (Lipinski definition) is 0. The van der Waals surface area contributed by atoms with Crippen molar-refractivity contribution in [3.63, 3.8) is 0 Å². The fraction of sp³-hybridized carbons (Fsp3) is 0.545. The summed E-state index contributed by atoms with van der Waals surface area (Å²) in [6.45, 7) is 6.45. The van der Waals surface area contributed by atoms with Crippen LogP contribution in [0.15, 0.2) is 24.0 Å². The van der Waals surface area contributed by atoms with Crippen LogP contribution in [0, 0.1) is 0 Å². The van der Waals surface area contributed by atoms with Crippen molar-refractivity contribution >= 4 is 5.78 Å². The molecule has 0 aliphatic carbocycles. The van der Waals surface area contributed by atoms with Gasteiger partial charge in [-0.1, -0.05) is 19.9 Å². The molecule has 0 fully saturated rings. The van der Waals surface area contributed by atoms with Gasteiger partial charge in [-0.3, -0.25) is 4.79 Å². The summed E-state index contributed by atoms with van der Waals surface area (Å²) in [5.74, 6) is 0.492. The molecule has 0 unspecified atom stereocenters. The van der Waals surface area contributed by atoms with E-state index in [2.05, 4.69) is 6.58 Å². The maximum atomic E-state index is 11.6. The van der Waals surface area contributed by atoms with Gasteiger partial charge >= 0.3 is 0 Å². The van der Waals surface area contributed by atoms with E-state index >= 15 is 0 Å². The first-order valence-electron chi connectivity index (χ1n) is 4.81. The summed E-state index contributed by atoms with van der Waals surface area (Å²) in [5, 5.41) is 0. The number of rotatable bonds is 4. The highest BCUT2D eigenvalue weighted by Crippen LogP contribution is 2.16. The Bertz CT molecular complexity index is 238. The fourth-order valence-corrected chi connectivity index (χ4v) is 1.31. The van der Waals surface area contributed by atoms with E-state index in [1.165, 1.54) is 0 Å². The lowest BCUT2D eigenvalue weighted by atomic mass is 10.1. The minimum Gasteiger partial charge on any atom is -0.490 e. The lowest BCUT2D eigenvalue weighted by Gasteiger charge is -2.14. The molecule has 1 aliphatic heterocycles. The van der Waals surface area contributed by atoms with Gasteiger partial charge in [-0.2, -0.15) is 0 Å². The van der Waals surface area contributed by atoms with Crippen LogP contribution in [0.3, 0.4) is 0 Å². The molecule has 0 radical (unpaired) electrons. The Balaban J connectivity index is 2.55. The van der Waals surface area contributed by atoms with Crippen LogP contribution >= 0.6 is 0 Å². The highest BCUT2D eigenvalue weighted by Gasteiger charge is 2.15. The molecular weight excluding hydrogens is 164 g/mol. The van der Waals surface area contributed by atoms with E-state index < -0.39 is 0 Å². The highest BCUT2D eigenvalue weighted by molar-refractivity contribution is 6.06. The van der Waals surface area contributed by atoms with E-state index in [0.29, 0.717) is 17.9 Å². The van der Waals surface area contributed by atoms with Crippen LogP contribution in [0.4, 0.5) is 0 Å². The number of hydrogen-bond acceptors (Lipinski definition) is 2. The monoisotopic (exact) mass is 180 g/mol. The second kappa shape index (κ2) is 4.85. The second-order valence-electron chi connectivity index (χ2n) is 3.24. The van der Waals surface area contributed by atoms with E-state index in [-0.39, 0.29) is 5.78 Å². The van der Waals surface area contributed by atoms with Crippen molar-refractivity contribution in [2.45, 2.75) is 32.6 Å². The van der Waals surface area contributed by atoms with Gasteiger partial charge in [0.05, 0.1) is 6.61 Å². The lowest BCUT2D eigenvalue weighted by Crippen LogP contribution is -2.12. The zero-order valence-corrected chi connectivity index (χ0v) is 8.14. The van der Waals surface area contributed by atoms with Gasteiger partial charge < -0.3 is 4.74 Å². The smallest absolute Gasteiger partial charge is 0.222 e. The van der Waals surface area contributed by atoms with Crippen molar-refractivity contribution in [2.75, 3.05) is 6.61 Å². The molecular formula is C11H16O2. The topological polar surface area (TPSA) is 26.3 Å². The molecule has 0 aromatic rings. The van der Waals surface area contributed by atoms with Crippen molar-refractivity contribution in [1.29, 1.82) is 0 Å². The Kier molecular flexibility index (Phi) is 3.74. The van der Waals surface area contributed by atoms with E-state index in [4.69, 9.17) is 4.74 Å². The lowest BCUT2D eigenvalue weighted by molar-refractivity contribution is -0.115. The molecule has 1 rings (SSSR count). The van der Waals surface area contributed by atoms with Gasteiger partial charge in [0.1, 0.15) is 0 Å². The molecule has 72 valence electrons. The van der Waals surface area contributed by atoms with Gasteiger partial charge in [0.2, 0.25) is 5.78 Å². The summed E-state index contributed by atoms with van der Waals surface area (Å²) in [4.78, 5) is 11.6. The number of ether oxygens (including phenoxy) is 1. The molecule has 2 nitrogen and oxygen atoms in total. The Morgan fingerprint density at radius 1 is 1.69 bits per heavy atom. The van der Waals surface area contributed by atoms with Gasteiger partial charge in [-0.25, -0.2) is 0 Å². The van der Waals surface area contributed by atoms with Crippen molar-refractivity contribution in [1.82, 2.24) is 0 Å². The summed E-state index contributed by atoms with van der Waals surface area (Å²) < 4.78 is 5.26. The minimum atomic E-state index is -0.0125. The van der Waals surface area contributed by atoms with Crippen LogP contribution < -0.4 is 0 Å². The number of carbonyl (C=O) groups is 1. The van der Waals surface area contributed by atoms with Gasteiger partial charge in [0, 0.05) is 0 Å². The van der Waals surface area contributed by atoms with Crippen LogP contribution in [-0.4, -0.2) is 12.4 Å². The molecule has 0 atom stereocenters. The Labute approximate surface area is 79.3 Å². The molecule has 13 heavy (non-hydrogen) atoms. The molecule has 0 amide bonds. The van der Waals surface area contributed by atoms with Crippen LogP contribution in [0.2, 0.25) is 0 Å². The Hall–Kier alpha value is -1.05. The van der Waals surface area contributed by atoms with Crippen molar-refractivity contribution in [2.24, 2.45) is 0 Å². The van der Waals surface area contributed by atoms with Gasteiger partial charge in [-0.05, 0) is 30.9 Å². The van der Waals surface area contributed by atoms with E-state index in [1.54, 1.807) is 0 Å². The van der Waals surface area contributed by atoms with Crippen molar-refractivity contribution in [3.05, 3.63) is 24.0 Å². The SMILES string of the molecule is C=C(CCC)C(=O)C1=CCCCO1. The van der Waals surface area contributed by atoms with Gasteiger partial charge in [0.15, 0.2) is 5.76 Å². The number of Topliss-reactive ketones (excluding diaryl/α,β-unsaturated/α-hetero) is 1. The summed E-state index contributed by atoms with van der Waals surface area (Å²) in [6.07, 6.45) is 5.54. The average molecular weight is 180 g/mol. The highest BCUT2D eigenvalue weighted by atomic mass is 16.5. The molecule has 0 aromatic carbocycles. The van der Waals surface area contributed by atoms with E-state index in [9.17, 15) is 4.79 Å². The minimum absolute atomic E-state index is 0.0125. The third-order valence-corrected chi connectivity index (χ3v) is 2.03. The quantitative estimate of drug-likeness (QED) is 0.621. The standard InChI is InChI=1S/C11H16O2/c1-3-6-9(2)11(12)10-7-4-5-8-13-10/h7H,2-6,8H2,1H3. The first-order valence-corrected chi connectivity index (χ1v) is 4.81. The van der Waals surface area contributed by atoms with E-state index in [0.717, 1.165) is 25.7 Å². The second-order valence-corrected chi connectivity index (χ2v) is 3.24. The number of carbonyl (C=O) groups excluding carboxylic acids is 1. The summed E-state index contributed by atoms with van der Waals surface area (Å²) in [5.41, 5.74) is 0.663. The maximum absolute atomic E-state index is 11.6. The molecule has 2 heteroatoms. The molecule has 1 heterocycles. The predicted molar refractivity (Wildman–Crippen MR) is 52.3 cm³/mol. The first kappa shape index (κ1) is 10.0. The predicted octanol–water partition coefficient (Wildman–Crippen LogP) is 2.61. The van der Waals surface area contributed by atoms with E-state index in [1.807, 2.05) is 13.0 Å². The van der Waals surface area contributed by atoms with Crippen LogP contribution in [-0.2, 0) is 9.53 Å². The molecule has 0 aromatic heterocycles. The van der Waals surface area contributed by atoms with Crippen LogP contribution in [0.5, 0.6) is 0 Å². The number of ketones is 1. The molecule has 0 spiro atoms. The van der Waals surface area contributed by atoms with Crippen LogP contribution in [0.25, 0.3) is 0 Å². The Morgan fingerprint density at radius 2 is 2.46 bits per heavy atom. The van der Waals surface area contributed by atoms with Crippen molar-refractivity contribution in [3.8, 4) is 0 Å². The molecule has 0 N–H and O–H groups in total. The average Bonchev–Trinajstić information content (AvgIpc) is 2.18. The third kappa shape index (κ3) is 2.72. The third-order valence-electron chi connectivity index (χ3n) is 2.03. The first-order chi connectivity index (χ1) is 6.25. The maximum Gasteiger partial charge on any atom is 0.222 e. The van der Waals surface area contributed by atoms with Crippen LogP contribution in [0.1, 0.15) is 32.6 Å². The summed E-state index contributed by atoms with van der Waals surface area (Å²) >= 11 is 0. The normalized spacial score (nSPS) is 15.9. The molecule has 0 saturated heterocycles. The summed E-state index contributed by atoms with van der Waals surface area (Å²) in [7, 11) is 0. The number of allylic oxidation sites excluding steroid dienone is 2.